The second kappa shape index (κ2) is 4.82. The molecule has 2 saturated heterocycles. The summed E-state index contributed by atoms with van der Waals surface area (Å²) in [7, 11) is 0. The summed E-state index contributed by atoms with van der Waals surface area (Å²) in [5.74, 6) is 0. The van der Waals surface area contributed by atoms with Crippen LogP contribution in [0.15, 0.2) is 0 Å². The summed E-state index contributed by atoms with van der Waals surface area (Å²) < 4.78 is 0. The lowest BCUT2D eigenvalue weighted by molar-refractivity contribution is -0.0236. The van der Waals surface area contributed by atoms with Crippen LogP contribution >= 0.6 is 0 Å². The summed E-state index contributed by atoms with van der Waals surface area (Å²) >= 11 is 0. The van der Waals surface area contributed by atoms with Crippen LogP contribution in [0.1, 0.15) is 32.6 Å². The lowest BCUT2D eigenvalue weighted by Gasteiger charge is -2.43. The third kappa shape index (κ3) is 3.10. The van der Waals surface area contributed by atoms with Gasteiger partial charge in [-0.25, -0.2) is 4.79 Å². The molecule has 2 aliphatic rings. The molecule has 2 heterocycles. The molecule has 0 radical (unpaired) electrons. The molecule has 2 aliphatic heterocycles. The van der Waals surface area contributed by atoms with E-state index in [1.54, 1.807) is 0 Å². The van der Waals surface area contributed by atoms with Gasteiger partial charge >= 0.3 is 6.09 Å². The predicted molar refractivity (Wildman–Crippen MR) is 64.1 cm³/mol. The van der Waals surface area contributed by atoms with Crippen LogP contribution in [-0.4, -0.2) is 63.9 Å². The minimum atomic E-state index is -0.801. The monoisotopic (exact) mass is 242 g/mol. The van der Waals surface area contributed by atoms with E-state index < -0.39 is 11.7 Å². The molecule has 0 aromatic carbocycles. The van der Waals surface area contributed by atoms with Crippen LogP contribution in [0.5, 0.6) is 0 Å². The maximum absolute atomic E-state index is 10.8. The number of nitrogens with zero attached hydrogens (tertiary/aromatic N) is 2. The van der Waals surface area contributed by atoms with Gasteiger partial charge in [-0.05, 0) is 32.6 Å². The summed E-state index contributed by atoms with van der Waals surface area (Å²) in [6, 6.07) is 0.502. The molecule has 5 heteroatoms. The van der Waals surface area contributed by atoms with Crippen molar-refractivity contribution in [2.45, 2.75) is 44.2 Å². The average molecular weight is 242 g/mol. The van der Waals surface area contributed by atoms with Crippen LogP contribution in [0, 0.1) is 0 Å². The Hall–Kier alpha value is -0.810. The Morgan fingerprint density at radius 2 is 1.71 bits per heavy atom. The minimum Gasteiger partial charge on any atom is -0.465 e. The molecule has 2 rings (SSSR count). The van der Waals surface area contributed by atoms with Gasteiger partial charge in [-0.2, -0.15) is 0 Å². The number of hydrogen-bond donors (Lipinski definition) is 2. The van der Waals surface area contributed by atoms with E-state index in [-0.39, 0.29) is 0 Å². The van der Waals surface area contributed by atoms with Crippen molar-refractivity contribution < 1.29 is 15.0 Å². The van der Waals surface area contributed by atoms with Gasteiger partial charge in [0.15, 0.2) is 0 Å². The number of piperidine rings is 2. The highest BCUT2D eigenvalue weighted by molar-refractivity contribution is 5.65. The van der Waals surface area contributed by atoms with Crippen LogP contribution < -0.4 is 0 Å². The molecule has 1 amide bonds. The SMILES string of the molecule is CC1(O)CCN(C2CCN(C(=O)O)CC2)CC1. The molecule has 2 fully saturated rings. The van der Waals surface area contributed by atoms with Gasteiger partial charge in [0, 0.05) is 32.2 Å². The van der Waals surface area contributed by atoms with Crippen LogP contribution in [0.25, 0.3) is 0 Å². The van der Waals surface area contributed by atoms with Crippen molar-refractivity contribution in [2.75, 3.05) is 26.2 Å². The van der Waals surface area contributed by atoms with Crippen LogP contribution in [0.2, 0.25) is 0 Å². The van der Waals surface area contributed by atoms with Gasteiger partial charge in [-0.3, -0.25) is 0 Å². The van der Waals surface area contributed by atoms with Crippen molar-refractivity contribution in [3.8, 4) is 0 Å². The van der Waals surface area contributed by atoms with Crippen molar-refractivity contribution in [1.82, 2.24) is 9.80 Å². The Morgan fingerprint density at radius 1 is 1.18 bits per heavy atom. The zero-order valence-electron chi connectivity index (χ0n) is 10.4. The van der Waals surface area contributed by atoms with E-state index in [1.807, 2.05) is 6.92 Å². The number of amides is 1. The largest absolute Gasteiger partial charge is 0.465 e. The first-order chi connectivity index (χ1) is 7.98. The predicted octanol–water partition coefficient (Wildman–Crippen LogP) is 0.976. The van der Waals surface area contributed by atoms with E-state index in [1.165, 1.54) is 4.90 Å². The number of likely N-dealkylation sites (tertiary alicyclic amines) is 2. The summed E-state index contributed by atoms with van der Waals surface area (Å²) in [5.41, 5.74) is -0.502. The molecule has 17 heavy (non-hydrogen) atoms. The molecule has 2 N–H and O–H groups in total. The number of carboxylic acid groups (broad SMARTS) is 1. The highest BCUT2D eigenvalue weighted by atomic mass is 16.4. The topological polar surface area (TPSA) is 64.0 Å². The zero-order chi connectivity index (χ0) is 12.5. The minimum absolute atomic E-state index is 0.502. The Balaban J connectivity index is 1.80. The number of hydrogen-bond acceptors (Lipinski definition) is 3. The standard InChI is InChI=1S/C12H22N2O3/c1-12(17)4-8-13(9-5-12)10-2-6-14(7-3-10)11(15)16/h10,17H,2-9H2,1H3,(H,15,16). The third-order valence-electron chi connectivity index (χ3n) is 4.13. The summed E-state index contributed by atoms with van der Waals surface area (Å²) in [5, 5.41) is 18.8. The van der Waals surface area contributed by atoms with Gasteiger partial charge in [0.1, 0.15) is 0 Å². The molecule has 0 unspecified atom stereocenters. The number of aliphatic hydroxyl groups is 1. The Kier molecular flexibility index (Phi) is 3.58. The Bertz CT molecular complexity index is 275. The fourth-order valence-corrected chi connectivity index (χ4v) is 2.79. The van der Waals surface area contributed by atoms with Crippen LogP contribution in [0.3, 0.4) is 0 Å². The van der Waals surface area contributed by atoms with Crippen molar-refractivity contribution >= 4 is 6.09 Å². The molecular formula is C12H22N2O3. The highest BCUT2D eigenvalue weighted by Crippen LogP contribution is 2.26. The van der Waals surface area contributed by atoms with E-state index in [4.69, 9.17) is 5.11 Å². The smallest absolute Gasteiger partial charge is 0.407 e. The molecule has 0 aromatic rings. The van der Waals surface area contributed by atoms with E-state index >= 15 is 0 Å². The van der Waals surface area contributed by atoms with Crippen LogP contribution in [0.4, 0.5) is 4.79 Å². The van der Waals surface area contributed by atoms with Crippen molar-refractivity contribution in [3.63, 3.8) is 0 Å². The second-order valence-corrected chi connectivity index (χ2v) is 5.53. The maximum atomic E-state index is 10.8. The lowest BCUT2D eigenvalue weighted by Crippen LogP contribution is -2.51. The summed E-state index contributed by atoms with van der Waals surface area (Å²) in [6.07, 6.45) is 2.70. The van der Waals surface area contributed by atoms with Crippen molar-refractivity contribution in [3.05, 3.63) is 0 Å². The van der Waals surface area contributed by atoms with Gasteiger partial charge in [-0.15, -0.1) is 0 Å². The summed E-state index contributed by atoms with van der Waals surface area (Å²) in [4.78, 5) is 14.7. The van der Waals surface area contributed by atoms with Crippen molar-refractivity contribution in [1.29, 1.82) is 0 Å². The van der Waals surface area contributed by atoms with Gasteiger partial charge in [0.25, 0.3) is 0 Å². The van der Waals surface area contributed by atoms with E-state index in [2.05, 4.69) is 4.90 Å². The maximum Gasteiger partial charge on any atom is 0.407 e. The highest BCUT2D eigenvalue weighted by Gasteiger charge is 2.32. The average Bonchev–Trinajstić information content (AvgIpc) is 2.29. The first kappa shape index (κ1) is 12.6. The van der Waals surface area contributed by atoms with Gasteiger partial charge < -0.3 is 20.0 Å². The number of carbonyl (C=O) groups is 1. The first-order valence-corrected chi connectivity index (χ1v) is 6.42. The number of rotatable bonds is 1. The fraction of sp³-hybridized carbons (Fsp3) is 0.917. The molecule has 0 spiro atoms. The quantitative estimate of drug-likeness (QED) is 0.719. The van der Waals surface area contributed by atoms with Crippen LogP contribution in [-0.2, 0) is 0 Å². The van der Waals surface area contributed by atoms with E-state index in [0.29, 0.717) is 19.1 Å². The van der Waals surface area contributed by atoms with Crippen molar-refractivity contribution in [2.24, 2.45) is 0 Å². The molecule has 0 bridgehead atoms. The molecule has 0 aromatic heterocycles. The first-order valence-electron chi connectivity index (χ1n) is 6.42. The van der Waals surface area contributed by atoms with Gasteiger partial charge in [0.05, 0.1) is 5.60 Å². The zero-order valence-corrected chi connectivity index (χ0v) is 10.4. The molecule has 98 valence electrons. The Morgan fingerprint density at radius 3 is 2.18 bits per heavy atom. The second-order valence-electron chi connectivity index (χ2n) is 5.53. The molecular weight excluding hydrogens is 220 g/mol. The third-order valence-corrected chi connectivity index (χ3v) is 4.13. The van der Waals surface area contributed by atoms with Gasteiger partial charge in [-0.1, -0.05) is 0 Å². The molecule has 0 atom stereocenters. The van der Waals surface area contributed by atoms with Gasteiger partial charge in [0.2, 0.25) is 0 Å². The normalized spacial score (nSPS) is 27.1. The summed E-state index contributed by atoms with van der Waals surface area (Å²) in [6.45, 7) is 5.06. The molecule has 0 saturated carbocycles. The van der Waals surface area contributed by atoms with E-state index in [0.717, 1.165) is 38.8 Å². The fourth-order valence-electron chi connectivity index (χ4n) is 2.79. The Labute approximate surface area is 102 Å². The lowest BCUT2D eigenvalue weighted by atomic mass is 9.91. The van der Waals surface area contributed by atoms with E-state index in [9.17, 15) is 9.90 Å². The molecule has 0 aliphatic carbocycles. The molecule has 5 nitrogen and oxygen atoms in total.